The number of hydrogen-bond acceptors (Lipinski definition) is 20. The van der Waals surface area contributed by atoms with Crippen LogP contribution >= 0.6 is 0 Å². The number of morpholine rings is 1. The number of aromatic hydroxyl groups is 2. The molecular formula is C65H81N9O19. The number of piperazine rings is 1. The van der Waals surface area contributed by atoms with E-state index in [0.29, 0.717) is 55.9 Å². The summed E-state index contributed by atoms with van der Waals surface area (Å²) in [6, 6.07) is 7.73. The number of ether oxygens (including phenoxy) is 7. The number of amides is 8. The molecule has 0 saturated carbocycles. The quantitative estimate of drug-likeness (QED) is 0.0391. The van der Waals surface area contributed by atoms with Crippen molar-refractivity contribution in [2.45, 2.75) is 146 Å². The van der Waals surface area contributed by atoms with Gasteiger partial charge in [0.25, 0.3) is 11.8 Å². The Kier molecular flexibility index (Phi) is 20.9. The van der Waals surface area contributed by atoms with Crippen molar-refractivity contribution in [1.82, 2.24) is 35.6 Å². The summed E-state index contributed by atoms with van der Waals surface area (Å²) >= 11 is 0. The number of nitrogens with one attached hydrogen (secondary N) is 4. The van der Waals surface area contributed by atoms with Gasteiger partial charge in [-0.05, 0) is 68.4 Å². The maximum atomic E-state index is 14.8. The van der Waals surface area contributed by atoms with Gasteiger partial charge in [-0.15, -0.1) is 0 Å². The fourth-order valence-electron chi connectivity index (χ4n) is 13.3. The molecule has 0 bridgehead atoms. The van der Waals surface area contributed by atoms with E-state index in [0.717, 1.165) is 0 Å². The van der Waals surface area contributed by atoms with Gasteiger partial charge in [-0.1, -0.05) is 51.1 Å². The zero-order valence-corrected chi connectivity index (χ0v) is 52.6. The molecule has 5 aliphatic heterocycles. The Bertz CT molecular complexity index is 3430. The summed E-state index contributed by atoms with van der Waals surface area (Å²) in [6.45, 7) is 10.4. The molecular weight excluding hydrogens is 1210 g/mol. The first-order valence-corrected chi connectivity index (χ1v) is 31.4. The van der Waals surface area contributed by atoms with Crippen LogP contribution in [0.3, 0.4) is 0 Å². The first kappa shape index (κ1) is 67.4. The molecule has 10 rings (SSSR count). The number of hydrogen-bond donors (Lipinski definition) is 8. The van der Waals surface area contributed by atoms with E-state index >= 15 is 0 Å². The Hall–Kier alpha value is -8.51. The predicted molar refractivity (Wildman–Crippen MR) is 329 cm³/mol. The third-order valence-electron chi connectivity index (χ3n) is 18.2. The van der Waals surface area contributed by atoms with E-state index in [-0.39, 0.29) is 117 Å². The van der Waals surface area contributed by atoms with Crippen LogP contribution < -0.4 is 31.7 Å². The minimum absolute atomic E-state index is 0.00773. The van der Waals surface area contributed by atoms with Crippen molar-refractivity contribution in [1.29, 1.82) is 0 Å². The summed E-state index contributed by atoms with van der Waals surface area (Å²) in [5, 5.41) is 48.0. The highest BCUT2D eigenvalue weighted by atomic mass is 16.7. The normalized spacial score (nSPS) is 24.7. The van der Waals surface area contributed by atoms with Crippen molar-refractivity contribution in [2.24, 2.45) is 11.7 Å². The summed E-state index contributed by atoms with van der Waals surface area (Å²) < 4.78 is 42.0. The molecule has 10 atom stereocenters. The van der Waals surface area contributed by atoms with Gasteiger partial charge in [-0.2, -0.15) is 0 Å². The lowest BCUT2D eigenvalue weighted by Gasteiger charge is -2.45. The third kappa shape index (κ3) is 14.4. The molecule has 93 heavy (non-hydrogen) atoms. The number of urea groups is 1. The zero-order valence-electron chi connectivity index (χ0n) is 52.6. The highest BCUT2D eigenvalue weighted by molar-refractivity contribution is 6.31. The molecule has 0 unspecified atom stereocenters. The number of aliphatic hydroxyl groups is 1. The molecule has 28 heteroatoms. The monoisotopic (exact) mass is 1290 g/mol. The number of benzene rings is 3. The minimum Gasteiger partial charge on any atom is -0.507 e. The number of phenolic OH excluding ortho intramolecular Hbond substituents is 2. The first-order valence-electron chi connectivity index (χ1n) is 31.4. The molecule has 0 aromatic heterocycles. The number of ketones is 2. The molecule has 500 valence electrons. The van der Waals surface area contributed by atoms with Gasteiger partial charge in [0.15, 0.2) is 24.6 Å². The second kappa shape index (κ2) is 28.8. The summed E-state index contributed by atoms with van der Waals surface area (Å²) in [7, 11) is 2.85. The Morgan fingerprint density at radius 2 is 1.58 bits per heavy atom. The van der Waals surface area contributed by atoms with Gasteiger partial charge in [0.05, 0.1) is 42.6 Å². The number of carbonyl (C=O) groups is 9. The SMILES string of the molecule is C=C1C=CC(=O)N1CCCCCC(=O)N[C@H](C(=O)N[C@@H](CCCNC(N)=O)C(=O)Nc1ccc(COC(=O)N2CCN(C(=O)[C@]3(O)Cc4c(O)c5c(c(O)c4[C@@H](O[C@H]4C[C@H]6[C@H](O[C@@H]7[C@@H](OC)OCCN76)[C@H](C)O4)C3)C(=O)c3c(OC)cccc3C5=O)CC2)cc1)C(C)C. The standard InChI is InChI=1S/C65H81N9O19/c1-34(2)52(70-45(75)15-8-7-9-23-73-35(3)16-21-46(73)76)59(82)69-41(13-11-22-67-63(66)84)58(81)68-38-19-17-37(18-20-38)33-90-64(85)72-26-24-71(25-27-72)62(83)65(86)31-40-49(56(80)51-50(54(40)78)53(77)39-12-10-14-43(87-5)48(39)55(51)79)44(32-65)92-47-30-42-57(36(4)91-47)93-60-61(88-6)89-29-28-74(42)60/h10,12,14,16-21,34,36,41-42,44,47,52,57,60-61,78,80,86H,3,7-9,11,13,15,22-33H2,1-2,4-6H3,(H,68,81)(H,69,82)(H,70,75)(H3,66,67,84)/t36-,41-,42-,44-,47-,52-,57+,60+,61-,65-/m0/s1. The van der Waals surface area contributed by atoms with Crippen LogP contribution in [0.1, 0.15) is 127 Å². The van der Waals surface area contributed by atoms with Crippen LogP contribution in [0.15, 0.2) is 66.9 Å². The highest BCUT2D eigenvalue weighted by Crippen LogP contribution is 2.53. The van der Waals surface area contributed by atoms with Crippen LogP contribution in [-0.4, -0.2) is 210 Å². The van der Waals surface area contributed by atoms with E-state index in [1.807, 2.05) is 6.92 Å². The maximum absolute atomic E-state index is 14.8. The minimum atomic E-state index is -2.34. The second-order valence-electron chi connectivity index (χ2n) is 24.6. The Morgan fingerprint density at radius 3 is 2.27 bits per heavy atom. The van der Waals surface area contributed by atoms with E-state index in [2.05, 4.69) is 32.7 Å². The molecule has 5 heterocycles. The van der Waals surface area contributed by atoms with E-state index in [4.69, 9.17) is 38.9 Å². The molecule has 4 fully saturated rings. The fraction of sp³-hybridized carbons (Fsp3) is 0.523. The van der Waals surface area contributed by atoms with Crippen molar-refractivity contribution in [3.05, 3.63) is 106 Å². The molecule has 3 aromatic rings. The van der Waals surface area contributed by atoms with Crippen molar-refractivity contribution >= 4 is 58.9 Å². The van der Waals surface area contributed by atoms with E-state index in [1.54, 1.807) is 49.1 Å². The summed E-state index contributed by atoms with van der Waals surface area (Å²) in [5.41, 5.74) is 2.97. The molecule has 3 aromatic carbocycles. The van der Waals surface area contributed by atoms with Gasteiger partial charge in [-0.25, -0.2) is 9.59 Å². The van der Waals surface area contributed by atoms with E-state index in [9.17, 15) is 58.5 Å². The molecule has 0 radical (unpaired) electrons. The Morgan fingerprint density at radius 1 is 0.849 bits per heavy atom. The number of fused-ring (bicyclic) bond motifs is 6. The molecule has 0 spiro atoms. The highest BCUT2D eigenvalue weighted by Gasteiger charge is 2.56. The van der Waals surface area contributed by atoms with Gasteiger partial charge in [0.2, 0.25) is 23.5 Å². The van der Waals surface area contributed by atoms with E-state index in [1.165, 1.54) is 48.3 Å². The lowest BCUT2D eigenvalue weighted by atomic mass is 9.72. The summed E-state index contributed by atoms with van der Waals surface area (Å²) in [6.07, 6.45) is -0.723. The van der Waals surface area contributed by atoms with Gasteiger partial charge in [-0.3, -0.25) is 38.5 Å². The lowest BCUT2D eigenvalue weighted by Crippen LogP contribution is -2.59. The summed E-state index contributed by atoms with van der Waals surface area (Å²) in [5.74, 6) is -5.66. The number of allylic oxidation sites excluding steroid dienone is 1. The number of carbonyl (C=O) groups excluding carboxylic acids is 9. The Balaban J connectivity index is 0.758. The van der Waals surface area contributed by atoms with E-state index < -0.39 is 132 Å². The average Bonchev–Trinajstić information content (AvgIpc) is 1.24. The van der Waals surface area contributed by atoms with Crippen LogP contribution in [0.5, 0.6) is 17.2 Å². The van der Waals surface area contributed by atoms with Gasteiger partial charge >= 0.3 is 12.1 Å². The van der Waals surface area contributed by atoms with Crippen molar-refractivity contribution in [2.75, 3.05) is 72.0 Å². The van der Waals surface area contributed by atoms with Crippen molar-refractivity contribution < 1.29 is 91.6 Å². The number of primary amides is 1. The van der Waals surface area contributed by atoms with Crippen molar-refractivity contribution in [3.8, 4) is 17.2 Å². The number of rotatable bonds is 23. The largest absolute Gasteiger partial charge is 0.507 e. The number of nitrogens with zero attached hydrogens (tertiary/aromatic N) is 4. The number of phenols is 2. The number of methoxy groups -OCH3 is 2. The van der Waals surface area contributed by atoms with Crippen LogP contribution in [0, 0.1) is 5.92 Å². The smallest absolute Gasteiger partial charge is 0.410 e. The molecule has 28 nitrogen and oxygen atoms in total. The van der Waals surface area contributed by atoms with Gasteiger partial charge in [0.1, 0.15) is 47.6 Å². The molecule has 2 aliphatic carbocycles. The molecule has 8 amide bonds. The predicted octanol–water partition coefficient (Wildman–Crippen LogP) is 3.12. The van der Waals surface area contributed by atoms with Crippen LogP contribution in [0.2, 0.25) is 0 Å². The molecule has 9 N–H and O–H groups in total. The van der Waals surface area contributed by atoms with Gasteiger partial charge < -0.3 is 90.2 Å². The first-order chi connectivity index (χ1) is 44.5. The lowest BCUT2D eigenvalue weighted by molar-refractivity contribution is -0.256. The van der Waals surface area contributed by atoms with Crippen molar-refractivity contribution in [3.63, 3.8) is 0 Å². The molecule has 7 aliphatic rings. The Labute approximate surface area is 536 Å². The topological polar surface area (TPSA) is 366 Å². The zero-order chi connectivity index (χ0) is 66.6. The average molecular weight is 1290 g/mol. The van der Waals surface area contributed by atoms with Gasteiger partial charge in [0, 0.05) is 119 Å². The number of anilines is 1. The number of nitrogens with two attached hydrogens (primary N) is 1. The van der Waals surface area contributed by atoms with Crippen LogP contribution in [0.25, 0.3) is 0 Å². The molecule has 4 saturated heterocycles. The second-order valence-corrected chi connectivity index (χ2v) is 24.6. The summed E-state index contributed by atoms with van der Waals surface area (Å²) in [4.78, 5) is 128. The fourth-order valence-corrected chi connectivity index (χ4v) is 13.3. The van der Waals surface area contributed by atoms with Crippen LogP contribution in [-0.2, 0) is 65.4 Å². The third-order valence-corrected chi connectivity index (χ3v) is 18.2. The van der Waals surface area contributed by atoms with Crippen LogP contribution in [0.4, 0.5) is 15.3 Å². The maximum Gasteiger partial charge on any atom is 0.410 e. The number of unbranched alkanes of at least 4 members (excludes halogenated alkanes) is 2.